The number of hydrogen-bond donors (Lipinski definition) is 0. The summed E-state index contributed by atoms with van der Waals surface area (Å²) in [5.74, 6) is 0.534. The quantitative estimate of drug-likeness (QED) is 0.159. The molecule has 304 valence electrons. The first-order valence-electron chi connectivity index (χ1n) is 22.7. The predicted octanol–water partition coefficient (Wildman–Crippen LogP) is 15.0. The van der Waals surface area contributed by atoms with E-state index in [4.69, 9.17) is 4.42 Å². The summed E-state index contributed by atoms with van der Waals surface area (Å²) in [6.45, 7) is 0. The van der Waals surface area contributed by atoms with Crippen molar-refractivity contribution in [2.24, 2.45) is 5.92 Å². The van der Waals surface area contributed by atoms with Crippen LogP contribution in [0.5, 0.6) is 0 Å². The molecule has 9 aromatic rings. The fourth-order valence-electron chi connectivity index (χ4n) is 12.3. The normalized spacial score (nSPS) is 21.2. The Kier molecular flexibility index (Phi) is 8.33. The maximum atomic E-state index is 6.88. The molecule has 8 aromatic carbocycles. The third-order valence-electron chi connectivity index (χ3n) is 14.8. The Morgan fingerprint density at radius 2 is 1.11 bits per heavy atom. The summed E-state index contributed by atoms with van der Waals surface area (Å²) >= 11 is 0. The van der Waals surface area contributed by atoms with E-state index in [2.05, 4.69) is 248 Å². The summed E-state index contributed by atoms with van der Waals surface area (Å²) in [5.41, 5.74) is 16.4. The minimum Gasteiger partial charge on any atom is -0.454 e. The molecule has 0 fully saturated rings. The van der Waals surface area contributed by atoms with Crippen molar-refractivity contribution in [1.29, 1.82) is 0 Å². The van der Waals surface area contributed by atoms with Crippen molar-refractivity contribution in [3.63, 3.8) is 0 Å². The average Bonchev–Trinajstić information content (AvgIpc) is 4.01. The highest BCUT2D eigenvalue weighted by Crippen LogP contribution is 2.61. The molecule has 1 aromatic heterocycles. The first-order chi connectivity index (χ1) is 31.8. The highest BCUT2D eigenvalue weighted by molar-refractivity contribution is 6.09. The van der Waals surface area contributed by atoms with Crippen LogP contribution < -0.4 is 4.90 Å². The molecule has 0 amide bonds. The molecule has 4 aliphatic carbocycles. The van der Waals surface area contributed by atoms with Crippen LogP contribution in [0.1, 0.15) is 56.8 Å². The van der Waals surface area contributed by atoms with Crippen molar-refractivity contribution in [3.05, 3.63) is 293 Å². The van der Waals surface area contributed by atoms with Gasteiger partial charge in [0, 0.05) is 28.3 Å². The first-order valence-corrected chi connectivity index (χ1v) is 22.7. The number of para-hydroxylation sites is 2. The molecule has 1 heterocycles. The van der Waals surface area contributed by atoms with Gasteiger partial charge in [0.1, 0.15) is 5.58 Å². The Morgan fingerprint density at radius 3 is 1.88 bits per heavy atom. The van der Waals surface area contributed by atoms with E-state index in [1.54, 1.807) is 0 Å². The third-order valence-corrected chi connectivity index (χ3v) is 14.8. The summed E-state index contributed by atoms with van der Waals surface area (Å²) < 4.78 is 6.88. The zero-order valence-electron chi connectivity index (χ0n) is 35.4. The Bertz CT molecular complexity index is 3330. The van der Waals surface area contributed by atoms with Gasteiger partial charge in [-0.1, -0.05) is 218 Å². The molecular weight excluding hydrogens is 775 g/mol. The van der Waals surface area contributed by atoms with Crippen LogP contribution in [-0.4, -0.2) is 6.04 Å². The maximum Gasteiger partial charge on any atom is 0.159 e. The Labute approximate surface area is 374 Å². The van der Waals surface area contributed by atoms with Gasteiger partial charge in [-0.3, -0.25) is 0 Å². The van der Waals surface area contributed by atoms with Crippen molar-refractivity contribution in [3.8, 4) is 0 Å². The number of benzene rings is 8. The molecule has 0 saturated heterocycles. The van der Waals surface area contributed by atoms with Gasteiger partial charge in [-0.15, -0.1) is 0 Å². The Balaban J connectivity index is 1.04. The SMILES string of the molecule is C1=CC2c3ccccc3C(c3ccccc3)(c3ccc(N(c4cccc5c4oc4ccccc45)C4C=C5C(=CC4)c4ccccc4C5(c4ccccc4)c4ccccc4)cc3)C2C=C1. The molecule has 0 spiro atoms. The lowest BCUT2D eigenvalue weighted by molar-refractivity contribution is 0.456. The Morgan fingerprint density at radius 1 is 0.500 bits per heavy atom. The lowest BCUT2D eigenvalue weighted by Crippen LogP contribution is -2.36. The highest BCUT2D eigenvalue weighted by atomic mass is 16.3. The lowest BCUT2D eigenvalue weighted by Gasteiger charge is -2.40. The molecular formula is C62H45NO. The molecule has 2 nitrogen and oxygen atoms in total. The van der Waals surface area contributed by atoms with E-state index < -0.39 is 5.41 Å². The molecule has 13 rings (SSSR count). The van der Waals surface area contributed by atoms with Crippen LogP contribution in [0.25, 0.3) is 27.5 Å². The highest BCUT2D eigenvalue weighted by Gasteiger charge is 2.53. The van der Waals surface area contributed by atoms with Gasteiger partial charge < -0.3 is 9.32 Å². The van der Waals surface area contributed by atoms with E-state index in [1.165, 1.54) is 55.7 Å². The minimum absolute atomic E-state index is 0.0318. The Hall–Kier alpha value is -7.68. The molecule has 0 N–H and O–H groups in total. The van der Waals surface area contributed by atoms with Gasteiger partial charge in [0.15, 0.2) is 5.58 Å². The third kappa shape index (κ3) is 5.14. The van der Waals surface area contributed by atoms with Crippen LogP contribution in [0.4, 0.5) is 11.4 Å². The standard InChI is InChI=1S/C62H45NO/c1-4-19-42(20-5-1)61(54-30-14-10-25-48(54)49-26-11-15-31-55(49)61)45-35-37-46(38-36-45)63(58-33-18-29-53-52-28-13-17-34-59(52)64-60(53)58)47-39-40-51-50-27-12-16-32-56(50)62(57(51)41-47,43-21-6-2-7-22-43)44-23-8-3-9-24-44/h1-38,40-41,47-48,54H,39H2. The largest absolute Gasteiger partial charge is 0.454 e. The number of allylic oxidation sites excluding steroid dienone is 6. The van der Waals surface area contributed by atoms with E-state index in [-0.39, 0.29) is 17.4 Å². The maximum absolute atomic E-state index is 6.88. The number of anilines is 2. The van der Waals surface area contributed by atoms with Crippen LogP contribution in [0.15, 0.2) is 253 Å². The molecule has 4 aliphatic rings. The van der Waals surface area contributed by atoms with Gasteiger partial charge >= 0.3 is 0 Å². The van der Waals surface area contributed by atoms with Crippen LogP contribution in [0, 0.1) is 5.92 Å². The topological polar surface area (TPSA) is 16.4 Å². The van der Waals surface area contributed by atoms with Gasteiger partial charge in [-0.2, -0.15) is 0 Å². The fourth-order valence-corrected chi connectivity index (χ4v) is 12.3. The number of furan rings is 1. The number of nitrogens with zero attached hydrogens (tertiary/aromatic N) is 1. The zero-order chi connectivity index (χ0) is 42.2. The van der Waals surface area contributed by atoms with Gasteiger partial charge in [0.25, 0.3) is 0 Å². The predicted molar refractivity (Wildman–Crippen MR) is 263 cm³/mol. The molecule has 64 heavy (non-hydrogen) atoms. The molecule has 4 unspecified atom stereocenters. The summed E-state index contributed by atoms with van der Waals surface area (Å²) in [6, 6.07) is 76.3. The summed E-state index contributed by atoms with van der Waals surface area (Å²) in [6.07, 6.45) is 15.3. The second-order valence-corrected chi connectivity index (χ2v) is 17.8. The zero-order valence-corrected chi connectivity index (χ0v) is 35.4. The van der Waals surface area contributed by atoms with Crippen molar-refractivity contribution in [1.82, 2.24) is 0 Å². The second kappa shape index (κ2) is 14.4. The van der Waals surface area contributed by atoms with Gasteiger partial charge in [-0.05, 0) is 86.3 Å². The number of rotatable bonds is 7. The smallest absolute Gasteiger partial charge is 0.159 e. The van der Waals surface area contributed by atoms with Crippen molar-refractivity contribution in [2.45, 2.75) is 29.2 Å². The van der Waals surface area contributed by atoms with E-state index in [9.17, 15) is 0 Å². The number of hydrogen-bond acceptors (Lipinski definition) is 2. The monoisotopic (exact) mass is 819 g/mol. The van der Waals surface area contributed by atoms with Crippen LogP contribution in [0.2, 0.25) is 0 Å². The second-order valence-electron chi connectivity index (χ2n) is 17.8. The lowest BCUT2D eigenvalue weighted by atomic mass is 9.63. The van der Waals surface area contributed by atoms with Crippen molar-refractivity contribution < 1.29 is 4.42 Å². The van der Waals surface area contributed by atoms with Crippen LogP contribution in [0.3, 0.4) is 0 Å². The van der Waals surface area contributed by atoms with Gasteiger partial charge in [0.05, 0.1) is 22.6 Å². The molecule has 4 atom stereocenters. The van der Waals surface area contributed by atoms with E-state index >= 15 is 0 Å². The molecule has 0 saturated carbocycles. The first kappa shape index (κ1) is 36.9. The summed E-state index contributed by atoms with van der Waals surface area (Å²) in [5, 5.41) is 2.26. The summed E-state index contributed by atoms with van der Waals surface area (Å²) in [4.78, 5) is 2.56. The molecule has 0 bridgehead atoms. The fraction of sp³-hybridized carbons (Fsp3) is 0.0968. The van der Waals surface area contributed by atoms with E-state index in [0.717, 1.165) is 39.7 Å². The van der Waals surface area contributed by atoms with Gasteiger partial charge in [0.2, 0.25) is 0 Å². The summed E-state index contributed by atoms with van der Waals surface area (Å²) in [7, 11) is 0. The van der Waals surface area contributed by atoms with Crippen molar-refractivity contribution in [2.75, 3.05) is 4.90 Å². The van der Waals surface area contributed by atoms with Crippen LogP contribution in [-0.2, 0) is 10.8 Å². The number of fused-ring (bicyclic) bond motifs is 9. The van der Waals surface area contributed by atoms with E-state index in [0.29, 0.717) is 5.92 Å². The van der Waals surface area contributed by atoms with Gasteiger partial charge in [-0.25, -0.2) is 0 Å². The van der Waals surface area contributed by atoms with Crippen LogP contribution >= 0.6 is 0 Å². The van der Waals surface area contributed by atoms with Crippen molar-refractivity contribution >= 4 is 38.9 Å². The average molecular weight is 820 g/mol. The molecule has 2 heteroatoms. The van der Waals surface area contributed by atoms with E-state index in [1.807, 2.05) is 0 Å². The molecule has 0 radical (unpaired) electrons. The minimum atomic E-state index is -0.499. The molecule has 0 aliphatic heterocycles.